The van der Waals surface area contributed by atoms with Gasteiger partial charge < -0.3 is 20.1 Å². The molecule has 0 saturated carbocycles. The van der Waals surface area contributed by atoms with Crippen LogP contribution in [0.1, 0.15) is 12.5 Å². The molecule has 0 aliphatic heterocycles. The second-order valence-corrected chi connectivity index (χ2v) is 4.49. The predicted octanol–water partition coefficient (Wildman–Crippen LogP) is 1.53. The van der Waals surface area contributed by atoms with E-state index in [1.54, 1.807) is 14.2 Å². The van der Waals surface area contributed by atoms with Crippen LogP contribution < -0.4 is 15.2 Å². The zero-order valence-corrected chi connectivity index (χ0v) is 11.8. The van der Waals surface area contributed by atoms with Crippen LogP contribution in [-0.4, -0.2) is 45.3 Å². The van der Waals surface area contributed by atoms with Crippen molar-refractivity contribution in [1.29, 1.82) is 0 Å². The fourth-order valence-electron chi connectivity index (χ4n) is 1.77. The summed E-state index contributed by atoms with van der Waals surface area (Å²) in [5.41, 5.74) is 6.82. The van der Waals surface area contributed by atoms with Gasteiger partial charge in [0.2, 0.25) is 0 Å². The summed E-state index contributed by atoms with van der Waals surface area (Å²) >= 11 is 0. The third kappa shape index (κ3) is 3.89. The van der Waals surface area contributed by atoms with Crippen molar-refractivity contribution in [3.05, 3.63) is 23.8 Å². The topological polar surface area (TPSA) is 47.7 Å². The van der Waals surface area contributed by atoms with Gasteiger partial charge in [0.05, 0.1) is 14.2 Å². The lowest BCUT2D eigenvalue weighted by atomic mass is 10.1. The standard InChI is InChI=1S/C14H24N2O2/c1-11(10-15)16(2)8-7-12-9-13(17-3)5-6-14(12)18-4/h5-6,9,11H,7-8,10,15H2,1-4H3. The lowest BCUT2D eigenvalue weighted by molar-refractivity contribution is 0.265. The fraction of sp³-hybridized carbons (Fsp3) is 0.571. The average Bonchev–Trinajstić information content (AvgIpc) is 2.43. The van der Waals surface area contributed by atoms with Gasteiger partial charge in [-0.05, 0) is 44.2 Å². The maximum absolute atomic E-state index is 5.66. The predicted molar refractivity (Wildman–Crippen MR) is 74.4 cm³/mol. The van der Waals surface area contributed by atoms with E-state index < -0.39 is 0 Å². The van der Waals surface area contributed by atoms with Crippen LogP contribution in [0.3, 0.4) is 0 Å². The first kappa shape index (κ1) is 14.8. The van der Waals surface area contributed by atoms with E-state index in [2.05, 4.69) is 18.9 Å². The summed E-state index contributed by atoms with van der Waals surface area (Å²) < 4.78 is 10.6. The molecular formula is C14H24N2O2. The molecule has 1 unspecified atom stereocenters. The maximum Gasteiger partial charge on any atom is 0.122 e. The Hall–Kier alpha value is -1.26. The van der Waals surface area contributed by atoms with Crippen molar-refractivity contribution < 1.29 is 9.47 Å². The third-order valence-electron chi connectivity index (χ3n) is 3.31. The smallest absolute Gasteiger partial charge is 0.122 e. The van der Waals surface area contributed by atoms with Crippen molar-refractivity contribution in [2.45, 2.75) is 19.4 Å². The molecule has 0 radical (unpaired) electrons. The minimum atomic E-state index is 0.390. The highest BCUT2D eigenvalue weighted by Crippen LogP contribution is 2.24. The number of methoxy groups -OCH3 is 2. The molecule has 102 valence electrons. The van der Waals surface area contributed by atoms with Crippen LogP contribution in [-0.2, 0) is 6.42 Å². The molecule has 4 nitrogen and oxygen atoms in total. The molecule has 4 heteroatoms. The number of nitrogens with zero attached hydrogens (tertiary/aromatic N) is 1. The molecule has 1 rings (SSSR count). The van der Waals surface area contributed by atoms with E-state index in [1.807, 2.05) is 18.2 Å². The molecule has 1 aromatic carbocycles. The summed E-state index contributed by atoms with van der Waals surface area (Å²) in [4.78, 5) is 2.25. The van der Waals surface area contributed by atoms with E-state index in [0.717, 1.165) is 30.0 Å². The second kappa shape index (κ2) is 7.24. The lowest BCUT2D eigenvalue weighted by Gasteiger charge is -2.23. The number of rotatable bonds is 7. The molecule has 0 aromatic heterocycles. The van der Waals surface area contributed by atoms with Gasteiger partial charge in [0.25, 0.3) is 0 Å². The maximum atomic E-state index is 5.66. The minimum Gasteiger partial charge on any atom is -0.497 e. The fourth-order valence-corrected chi connectivity index (χ4v) is 1.77. The van der Waals surface area contributed by atoms with Gasteiger partial charge >= 0.3 is 0 Å². The van der Waals surface area contributed by atoms with Crippen LogP contribution in [0.2, 0.25) is 0 Å². The Labute approximate surface area is 110 Å². The van der Waals surface area contributed by atoms with Crippen molar-refractivity contribution in [1.82, 2.24) is 4.90 Å². The van der Waals surface area contributed by atoms with Crippen LogP contribution in [0.15, 0.2) is 18.2 Å². The third-order valence-corrected chi connectivity index (χ3v) is 3.31. The van der Waals surface area contributed by atoms with Crippen molar-refractivity contribution in [2.24, 2.45) is 5.73 Å². The normalized spacial score (nSPS) is 12.6. The largest absolute Gasteiger partial charge is 0.497 e. The van der Waals surface area contributed by atoms with Gasteiger partial charge in [-0.25, -0.2) is 0 Å². The number of likely N-dealkylation sites (N-methyl/N-ethyl adjacent to an activating group) is 1. The molecule has 0 spiro atoms. The van der Waals surface area contributed by atoms with E-state index in [4.69, 9.17) is 15.2 Å². The van der Waals surface area contributed by atoms with E-state index in [-0.39, 0.29) is 0 Å². The van der Waals surface area contributed by atoms with Crippen molar-refractivity contribution in [2.75, 3.05) is 34.4 Å². The first-order chi connectivity index (χ1) is 8.62. The zero-order chi connectivity index (χ0) is 13.5. The van der Waals surface area contributed by atoms with E-state index >= 15 is 0 Å². The van der Waals surface area contributed by atoms with E-state index in [9.17, 15) is 0 Å². The molecule has 1 atom stereocenters. The summed E-state index contributed by atoms with van der Waals surface area (Å²) in [6.45, 7) is 3.75. The van der Waals surface area contributed by atoms with Gasteiger partial charge in [-0.2, -0.15) is 0 Å². The first-order valence-electron chi connectivity index (χ1n) is 6.23. The Morgan fingerprint density at radius 2 is 2.00 bits per heavy atom. The first-order valence-corrected chi connectivity index (χ1v) is 6.23. The number of nitrogens with two attached hydrogens (primary N) is 1. The van der Waals surface area contributed by atoms with Gasteiger partial charge in [0.1, 0.15) is 11.5 Å². The number of ether oxygens (including phenoxy) is 2. The number of benzene rings is 1. The van der Waals surface area contributed by atoms with Crippen LogP contribution >= 0.6 is 0 Å². The molecule has 2 N–H and O–H groups in total. The molecular weight excluding hydrogens is 228 g/mol. The molecule has 0 amide bonds. The minimum absolute atomic E-state index is 0.390. The molecule has 18 heavy (non-hydrogen) atoms. The van der Waals surface area contributed by atoms with Crippen LogP contribution in [0.25, 0.3) is 0 Å². The number of hydrogen-bond acceptors (Lipinski definition) is 4. The van der Waals surface area contributed by atoms with Crippen LogP contribution in [0.5, 0.6) is 11.5 Å². The van der Waals surface area contributed by atoms with Crippen molar-refractivity contribution >= 4 is 0 Å². The highest BCUT2D eigenvalue weighted by atomic mass is 16.5. The molecule has 0 bridgehead atoms. The Morgan fingerprint density at radius 3 is 2.56 bits per heavy atom. The number of hydrogen-bond donors (Lipinski definition) is 1. The molecule has 0 aliphatic rings. The monoisotopic (exact) mass is 252 g/mol. The van der Waals surface area contributed by atoms with Crippen LogP contribution in [0, 0.1) is 0 Å². The summed E-state index contributed by atoms with van der Waals surface area (Å²) in [5.74, 6) is 1.77. The van der Waals surface area contributed by atoms with E-state index in [1.165, 1.54) is 0 Å². The summed E-state index contributed by atoms with van der Waals surface area (Å²) in [6, 6.07) is 6.27. The summed E-state index contributed by atoms with van der Waals surface area (Å²) in [5, 5.41) is 0. The molecule has 0 fully saturated rings. The Morgan fingerprint density at radius 1 is 1.28 bits per heavy atom. The molecule has 0 heterocycles. The van der Waals surface area contributed by atoms with Crippen molar-refractivity contribution in [3.63, 3.8) is 0 Å². The summed E-state index contributed by atoms with van der Waals surface area (Å²) in [6.07, 6.45) is 0.918. The van der Waals surface area contributed by atoms with Gasteiger partial charge in [0.15, 0.2) is 0 Å². The van der Waals surface area contributed by atoms with Crippen molar-refractivity contribution in [3.8, 4) is 11.5 Å². The summed E-state index contributed by atoms with van der Waals surface area (Å²) in [7, 11) is 5.45. The van der Waals surface area contributed by atoms with Gasteiger partial charge in [0, 0.05) is 19.1 Å². The zero-order valence-electron chi connectivity index (χ0n) is 11.8. The Bertz CT molecular complexity index is 369. The quantitative estimate of drug-likeness (QED) is 0.799. The SMILES string of the molecule is COc1ccc(OC)c(CCN(C)C(C)CN)c1. The van der Waals surface area contributed by atoms with Gasteiger partial charge in [-0.3, -0.25) is 0 Å². The highest BCUT2D eigenvalue weighted by molar-refractivity contribution is 5.40. The molecule has 1 aromatic rings. The van der Waals surface area contributed by atoms with Gasteiger partial charge in [-0.15, -0.1) is 0 Å². The molecule has 0 aliphatic carbocycles. The average molecular weight is 252 g/mol. The highest BCUT2D eigenvalue weighted by Gasteiger charge is 2.10. The molecule has 0 saturated heterocycles. The Kier molecular flexibility index (Phi) is 5.95. The lowest BCUT2D eigenvalue weighted by Crippen LogP contribution is -2.36. The second-order valence-electron chi connectivity index (χ2n) is 4.49. The van der Waals surface area contributed by atoms with E-state index in [0.29, 0.717) is 12.6 Å². The van der Waals surface area contributed by atoms with Crippen LogP contribution in [0.4, 0.5) is 0 Å². The Balaban J connectivity index is 2.70. The van der Waals surface area contributed by atoms with Gasteiger partial charge in [-0.1, -0.05) is 0 Å².